The van der Waals surface area contributed by atoms with Crippen LogP contribution in [0.3, 0.4) is 0 Å². The van der Waals surface area contributed by atoms with Crippen LogP contribution in [0, 0.1) is 0 Å². The number of fused-ring (bicyclic) bond motifs is 1. The molecule has 1 fully saturated rings. The van der Waals surface area contributed by atoms with Crippen LogP contribution in [0.2, 0.25) is 5.02 Å². The lowest BCUT2D eigenvalue weighted by molar-refractivity contribution is 0.763. The maximum Gasteiger partial charge on any atom is 0.0960 e. The molecule has 0 unspecified atom stereocenters. The van der Waals surface area contributed by atoms with Gasteiger partial charge in [-0.25, -0.2) is 4.98 Å². The Bertz CT molecular complexity index is 528. The number of hydrogen-bond acceptors (Lipinski definition) is 2. The quantitative estimate of drug-likeness (QED) is 0.887. The van der Waals surface area contributed by atoms with Gasteiger partial charge in [-0.1, -0.05) is 11.6 Å². The summed E-state index contributed by atoms with van der Waals surface area (Å²) in [4.78, 5) is 4.40. The Balaban J connectivity index is 2.14. The van der Waals surface area contributed by atoms with Gasteiger partial charge in [0.05, 0.1) is 17.4 Å². The average Bonchev–Trinajstić information content (AvgIpc) is 3.02. The molecule has 1 aliphatic carbocycles. The van der Waals surface area contributed by atoms with Gasteiger partial charge < -0.3 is 9.88 Å². The van der Waals surface area contributed by atoms with E-state index in [9.17, 15) is 0 Å². The lowest BCUT2D eigenvalue weighted by Crippen LogP contribution is -2.05. The van der Waals surface area contributed by atoms with E-state index in [1.165, 1.54) is 18.4 Å². The van der Waals surface area contributed by atoms with Crippen molar-refractivity contribution in [3.63, 3.8) is 0 Å². The lowest BCUT2D eigenvalue weighted by Gasteiger charge is -2.06. The highest BCUT2D eigenvalue weighted by atomic mass is 35.5. The van der Waals surface area contributed by atoms with Crippen molar-refractivity contribution in [3.8, 4) is 0 Å². The lowest BCUT2D eigenvalue weighted by atomic mass is 10.2. The van der Waals surface area contributed by atoms with Crippen molar-refractivity contribution in [2.24, 2.45) is 0 Å². The van der Waals surface area contributed by atoms with Crippen molar-refractivity contribution in [1.29, 1.82) is 0 Å². The number of nitrogens with zero attached hydrogens (tertiary/aromatic N) is 2. The van der Waals surface area contributed by atoms with E-state index in [4.69, 9.17) is 11.6 Å². The molecule has 0 amide bonds. The zero-order valence-corrected chi connectivity index (χ0v) is 9.96. The standard InChI is InChI=1S/C12H14ClN3/c1-14-6-8-4-12-11(5-10(8)13)15-7-16(12)9-2-3-9/h4-5,7,9,14H,2-3,6H2,1H3. The summed E-state index contributed by atoms with van der Waals surface area (Å²) in [5.74, 6) is 0. The summed E-state index contributed by atoms with van der Waals surface area (Å²) in [5.41, 5.74) is 3.34. The smallest absolute Gasteiger partial charge is 0.0960 e. The number of nitrogens with one attached hydrogen (secondary N) is 1. The monoisotopic (exact) mass is 235 g/mol. The minimum absolute atomic E-state index is 0.661. The summed E-state index contributed by atoms with van der Waals surface area (Å²) in [5, 5.41) is 3.93. The first-order valence-electron chi connectivity index (χ1n) is 5.59. The first-order chi connectivity index (χ1) is 7.79. The summed E-state index contributed by atoms with van der Waals surface area (Å²) in [7, 11) is 1.93. The zero-order valence-electron chi connectivity index (χ0n) is 9.20. The number of imidazole rings is 1. The number of halogens is 1. The third-order valence-electron chi connectivity index (χ3n) is 3.05. The highest BCUT2D eigenvalue weighted by Crippen LogP contribution is 2.37. The first-order valence-corrected chi connectivity index (χ1v) is 5.97. The predicted molar refractivity (Wildman–Crippen MR) is 65.8 cm³/mol. The van der Waals surface area contributed by atoms with Crippen molar-refractivity contribution in [2.45, 2.75) is 25.4 Å². The summed E-state index contributed by atoms with van der Waals surface area (Å²) in [6.07, 6.45) is 4.48. The second kappa shape index (κ2) is 3.75. The van der Waals surface area contributed by atoms with Crippen molar-refractivity contribution < 1.29 is 0 Å². The Morgan fingerprint density at radius 3 is 3.00 bits per heavy atom. The van der Waals surface area contributed by atoms with Gasteiger partial charge in [0.15, 0.2) is 0 Å². The van der Waals surface area contributed by atoms with Crippen LogP contribution in [0.25, 0.3) is 11.0 Å². The van der Waals surface area contributed by atoms with Crippen LogP contribution in [0.1, 0.15) is 24.4 Å². The molecule has 0 spiro atoms. The molecule has 4 heteroatoms. The van der Waals surface area contributed by atoms with Crippen molar-refractivity contribution in [1.82, 2.24) is 14.9 Å². The SMILES string of the molecule is CNCc1cc2c(cc1Cl)ncn2C1CC1. The Morgan fingerprint density at radius 1 is 1.50 bits per heavy atom. The molecule has 1 aromatic carbocycles. The predicted octanol–water partition coefficient (Wildman–Crippen LogP) is 2.74. The third-order valence-corrected chi connectivity index (χ3v) is 3.40. The van der Waals surface area contributed by atoms with Gasteiger partial charge in [-0.15, -0.1) is 0 Å². The second-order valence-electron chi connectivity index (χ2n) is 4.35. The fraction of sp³-hybridized carbons (Fsp3) is 0.417. The molecular weight excluding hydrogens is 222 g/mol. The molecule has 1 aromatic heterocycles. The largest absolute Gasteiger partial charge is 0.327 e. The van der Waals surface area contributed by atoms with E-state index < -0.39 is 0 Å². The van der Waals surface area contributed by atoms with Gasteiger partial charge in [-0.2, -0.15) is 0 Å². The van der Waals surface area contributed by atoms with Crippen LogP contribution in [0.4, 0.5) is 0 Å². The Kier molecular flexibility index (Phi) is 2.37. The number of benzene rings is 1. The van der Waals surface area contributed by atoms with Gasteiger partial charge in [0.25, 0.3) is 0 Å². The van der Waals surface area contributed by atoms with E-state index in [0.29, 0.717) is 6.04 Å². The topological polar surface area (TPSA) is 29.9 Å². The summed E-state index contributed by atoms with van der Waals surface area (Å²) in [6.45, 7) is 0.796. The van der Waals surface area contributed by atoms with E-state index in [-0.39, 0.29) is 0 Å². The number of hydrogen-bond donors (Lipinski definition) is 1. The van der Waals surface area contributed by atoms with Crippen molar-refractivity contribution in [3.05, 3.63) is 29.0 Å². The van der Waals surface area contributed by atoms with E-state index >= 15 is 0 Å². The average molecular weight is 236 g/mol. The summed E-state index contributed by atoms with van der Waals surface area (Å²) >= 11 is 6.20. The molecule has 16 heavy (non-hydrogen) atoms. The van der Waals surface area contributed by atoms with Crippen molar-refractivity contribution in [2.75, 3.05) is 7.05 Å². The van der Waals surface area contributed by atoms with Gasteiger partial charge in [0, 0.05) is 17.6 Å². The number of rotatable bonds is 3. The second-order valence-corrected chi connectivity index (χ2v) is 4.75. The molecule has 0 radical (unpaired) electrons. The molecule has 1 heterocycles. The summed E-state index contributed by atoms with van der Waals surface area (Å²) < 4.78 is 2.27. The summed E-state index contributed by atoms with van der Waals surface area (Å²) in [6, 6.07) is 4.77. The molecule has 84 valence electrons. The zero-order chi connectivity index (χ0) is 11.1. The maximum atomic E-state index is 6.20. The maximum absolute atomic E-state index is 6.20. The van der Waals surface area contributed by atoms with E-state index in [1.807, 2.05) is 19.4 Å². The Morgan fingerprint density at radius 2 is 2.31 bits per heavy atom. The van der Waals surface area contributed by atoms with Crippen LogP contribution >= 0.6 is 11.6 Å². The van der Waals surface area contributed by atoms with Crippen LogP contribution in [0.15, 0.2) is 18.5 Å². The van der Waals surface area contributed by atoms with Gasteiger partial charge >= 0.3 is 0 Å². The molecule has 3 rings (SSSR count). The molecule has 1 N–H and O–H groups in total. The molecule has 2 aromatic rings. The van der Waals surface area contributed by atoms with Gasteiger partial charge in [-0.3, -0.25) is 0 Å². The molecule has 0 saturated heterocycles. The molecule has 3 nitrogen and oxygen atoms in total. The normalized spacial score (nSPS) is 15.9. The molecule has 0 bridgehead atoms. The van der Waals surface area contributed by atoms with E-state index in [2.05, 4.69) is 20.9 Å². The Labute approximate surface area is 99.4 Å². The Hall–Kier alpha value is -1.06. The molecule has 1 saturated carbocycles. The van der Waals surface area contributed by atoms with Crippen LogP contribution in [-0.4, -0.2) is 16.6 Å². The molecular formula is C12H14ClN3. The molecule has 0 atom stereocenters. The first kappa shape index (κ1) is 10.1. The minimum atomic E-state index is 0.661. The third kappa shape index (κ3) is 1.60. The molecule has 1 aliphatic rings. The molecule has 0 aliphatic heterocycles. The van der Waals surface area contributed by atoms with Crippen LogP contribution < -0.4 is 5.32 Å². The van der Waals surface area contributed by atoms with Gasteiger partial charge in [0.1, 0.15) is 0 Å². The van der Waals surface area contributed by atoms with Gasteiger partial charge in [-0.05, 0) is 37.6 Å². The number of aromatic nitrogens is 2. The van der Waals surface area contributed by atoms with E-state index in [0.717, 1.165) is 22.6 Å². The highest BCUT2D eigenvalue weighted by molar-refractivity contribution is 6.32. The van der Waals surface area contributed by atoms with Crippen LogP contribution in [0.5, 0.6) is 0 Å². The minimum Gasteiger partial charge on any atom is -0.327 e. The highest BCUT2D eigenvalue weighted by Gasteiger charge is 2.25. The fourth-order valence-corrected chi connectivity index (χ4v) is 2.29. The van der Waals surface area contributed by atoms with Gasteiger partial charge in [0.2, 0.25) is 0 Å². The van der Waals surface area contributed by atoms with Crippen molar-refractivity contribution >= 4 is 22.6 Å². The fourth-order valence-electron chi connectivity index (χ4n) is 2.06. The van der Waals surface area contributed by atoms with Crippen LogP contribution in [-0.2, 0) is 6.54 Å². The van der Waals surface area contributed by atoms with E-state index in [1.54, 1.807) is 0 Å².